The first-order valence-electron chi connectivity index (χ1n) is 5.45. The van der Waals surface area contributed by atoms with Gasteiger partial charge in [-0.25, -0.2) is 0 Å². The van der Waals surface area contributed by atoms with Crippen LogP contribution in [0.5, 0.6) is 5.75 Å². The first kappa shape index (κ1) is 12.1. The van der Waals surface area contributed by atoms with Crippen molar-refractivity contribution in [1.29, 1.82) is 0 Å². The van der Waals surface area contributed by atoms with Crippen molar-refractivity contribution in [2.75, 3.05) is 20.3 Å². The minimum Gasteiger partial charge on any atom is -0.493 e. The first-order valence-corrected chi connectivity index (χ1v) is 5.45. The Morgan fingerprint density at radius 2 is 2.00 bits per heavy atom. The lowest BCUT2D eigenvalue weighted by atomic mass is 10.0. The molecular formula is C13H20O2. The summed E-state index contributed by atoms with van der Waals surface area (Å²) in [5.41, 5.74) is 1.32. The van der Waals surface area contributed by atoms with Crippen molar-refractivity contribution in [2.24, 2.45) is 0 Å². The van der Waals surface area contributed by atoms with Gasteiger partial charge in [-0.05, 0) is 23.6 Å². The van der Waals surface area contributed by atoms with Crippen LogP contribution >= 0.6 is 0 Å². The van der Waals surface area contributed by atoms with E-state index in [1.54, 1.807) is 7.11 Å². The van der Waals surface area contributed by atoms with E-state index < -0.39 is 0 Å². The number of methoxy groups -OCH3 is 1. The van der Waals surface area contributed by atoms with Crippen molar-refractivity contribution in [3.63, 3.8) is 0 Å². The van der Waals surface area contributed by atoms with Gasteiger partial charge in [0.05, 0.1) is 6.61 Å². The van der Waals surface area contributed by atoms with Gasteiger partial charge in [-0.2, -0.15) is 0 Å². The zero-order valence-corrected chi connectivity index (χ0v) is 9.82. The third-order valence-corrected chi connectivity index (χ3v) is 2.29. The molecule has 2 nitrogen and oxygen atoms in total. The maximum atomic E-state index is 5.62. The van der Waals surface area contributed by atoms with Crippen molar-refractivity contribution in [2.45, 2.75) is 26.2 Å². The third kappa shape index (κ3) is 4.34. The molecule has 0 radical (unpaired) electrons. The van der Waals surface area contributed by atoms with Gasteiger partial charge < -0.3 is 9.47 Å². The number of ether oxygens (including phenoxy) is 2. The molecule has 0 unspecified atom stereocenters. The van der Waals surface area contributed by atoms with Crippen molar-refractivity contribution < 1.29 is 9.47 Å². The Morgan fingerprint density at radius 3 is 2.67 bits per heavy atom. The van der Waals surface area contributed by atoms with Gasteiger partial charge in [-0.1, -0.05) is 26.0 Å². The minimum atomic E-state index is 0.549. The summed E-state index contributed by atoms with van der Waals surface area (Å²) in [6, 6.07) is 8.28. The molecule has 84 valence electrons. The van der Waals surface area contributed by atoms with Crippen LogP contribution in [0.4, 0.5) is 0 Å². The predicted molar refractivity (Wildman–Crippen MR) is 62.5 cm³/mol. The van der Waals surface area contributed by atoms with E-state index in [0.29, 0.717) is 5.92 Å². The molecular weight excluding hydrogens is 188 g/mol. The maximum Gasteiger partial charge on any atom is 0.119 e. The molecule has 0 saturated heterocycles. The Kier molecular flexibility index (Phi) is 5.19. The van der Waals surface area contributed by atoms with Crippen LogP contribution in [0.2, 0.25) is 0 Å². The van der Waals surface area contributed by atoms with Crippen LogP contribution in [-0.4, -0.2) is 20.3 Å². The Bertz CT molecular complexity index is 282. The quantitative estimate of drug-likeness (QED) is 0.668. The van der Waals surface area contributed by atoms with Gasteiger partial charge in [0.25, 0.3) is 0 Å². The standard InChI is InChI=1S/C13H20O2/c1-11(2)12-6-4-7-13(10-12)15-9-5-8-14-3/h4,6-7,10-11H,5,8-9H2,1-3H3. The lowest BCUT2D eigenvalue weighted by Crippen LogP contribution is -2.01. The molecule has 0 heterocycles. The maximum absolute atomic E-state index is 5.62. The minimum absolute atomic E-state index is 0.549. The van der Waals surface area contributed by atoms with Crippen molar-refractivity contribution >= 4 is 0 Å². The summed E-state index contributed by atoms with van der Waals surface area (Å²) >= 11 is 0. The predicted octanol–water partition coefficient (Wildman–Crippen LogP) is 3.23. The van der Waals surface area contributed by atoms with Gasteiger partial charge in [0.2, 0.25) is 0 Å². The van der Waals surface area contributed by atoms with Crippen molar-refractivity contribution in [3.05, 3.63) is 29.8 Å². The van der Waals surface area contributed by atoms with E-state index in [0.717, 1.165) is 25.4 Å². The summed E-state index contributed by atoms with van der Waals surface area (Å²) in [5, 5.41) is 0. The normalized spacial score (nSPS) is 10.7. The van der Waals surface area contributed by atoms with Gasteiger partial charge in [-0.3, -0.25) is 0 Å². The molecule has 0 amide bonds. The fourth-order valence-corrected chi connectivity index (χ4v) is 1.36. The monoisotopic (exact) mass is 208 g/mol. The Morgan fingerprint density at radius 1 is 1.20 bits per heavy atom. The molecule has 0 atom stereocenters. The number of hydrogen-bond donors (Lipinski definition) is 0. The van der Waals surface area contributed by atoms with Crippen molar-refractivity contribution in [3.8, 4) is 5.75 Å². The zero-order chi connectivity index (χ0) is 11.1. The fourth-order valence-electron chi connectivity index (χ4n) is 1.36. The Balaban J connectivity index is 2.43. The largest absolute Gasteiger partial charge is 0.493 e. The molecule has 0 aliphatic carbocycles. The molecule has 0 aliphatic rings. The topological polar surface area (TPSA) is 18.5 Å². The SMILES string of the molecule is COCCCOc1cccc(C(C)C)c1. The molecule has 0 N–H and O–H groups in total. The zero-order valence-electron chi connectivity index (χ0n) is 9.82. The Hall–Kier alpha value is -1.02. The van der Waals surface area contributed by atoms with Crippen LogP contribution < -0.4 is 4.74 Å². The summed E-state index contributed by atoms with van der Waals surface area (Å²) < 4.78 is 10.6. The van der Waals surface area contributed by atoms with E-state index in [-0.39, 0.29) is 0 Å². The highest BCUT2D eigenvalue weighted by Crippen LogP contribution is 2.20. The van der Waals surface area contributed by atoms with E-state index in [4.69, 9.17) is 9.47 Å². The molecule has 2 heteroatoms. The average Bonchev–Trinajstić information content (AvgIpc) is 2.25. The highest BCUT2D eigenvalue weighted by molar-refractivity contribution is 5.30. The van der Waals surface area contributed by atoms with E-state index in [1.807, 2.05) is 12.1 Å². The van der Waals surface area contributed by atoms with Crippen LogP contribution in [0.3, 0.4) is 0 Å². The lowest BCUT2D eigenvalue weighted by Gasteiger charge is -2.09. The molecule has 0 fully saturated rings. The highest BCUT2D eigenvalue weighted by Gasteiger charge is 2.00. The molecule has 1 aromatic carbocycles. The van der Waals surface area contributed by atoms with Gasteiger partial charge >= 0.3 is 0 Å². The van der Waals surface area contributed by atoms with Crippen LogP contribution in [0.25, 0.3) is 0 Å². The van der Waals surface area contributed by atoms with Crippen molar-refractivity contribution in [1.82, 2.24) is 0 Å². The second-order valence-electron chi connectivity index (χ2n) is 3.92. The smallest absolute Gasteiger partial charge is 0.119 e. The van der Waals surface area contributed by atoms with E-state index in [9.17, 15) is 0 Å². The summed E-state index contributed by atoms with van der Waals surface area (Å²) in [6.45, 7) is 5.84. The van der Waals surface area contributed by atoms with Gasteiger partial charge in [0.15, 0.2) is 0 Å². The fraction of sp³-hybridized carbons (Fsp3) is 0.538. The van der Waals surface area contributed by atoms with Crippen LogP contribution in [0.15, 0.2) is 24.3 Å². The molecule has 1 aromatic rings. The molecule has 15 heavy (non-hydrogen) atoms. The van der Waals surface area contributed by atoms with Gasteiger partial charge in [0, 0.05) is 20.1 Å². The van der Waals surface area contributed by atoms with Crippen LogP contribution in [0.1, 0.15) is 31.7 Å². The lowest BCUT2D eigenvalue weighted by molar-refractivity contribution is 0.172. The summed E-state index contributed by atoms with van der Waals surface area (Å²) in [7, 11) is 1.71. The van der Waals surface area contributed by atoms with Crippen LogP contribution in [0, 0.1) is 0 Å². The summed E-state index contributed by atoms with van der Waals surface area (Å²) in [4.78, 5) is 0. The van der Waals surface area contributed by atoms with E-state index >= 15 is 0 Å². The third-order valence-electron chi connectivity index (χ3n) is 2.29. The first-order chi connectivity index (χ1) is 7.24. The van der Waals surface area contributed by atoms with Crippen LogP contribution in [-0.2, 0) is 4.74 Å². The van der Waals surface area contributed by atoms with E-state index in [1.165, 1.54) is 5.56 Å². The van der Waals surface area contributed by atoms with Gasteiger partial charge in [-0.15, -0.1) is 0 Å². The van der Waals surface area contributed by atoms with Gasteiger partial charge in [0.1, 0.15) is 5.75 Å². The molecule has 0 aromatic heterocycles. The second kappa shape index (κ2) is 6.46. The highest BCUT2D eigenvalue weighted by atomic mass is 16.5. The summed E-state index contributed by atoms with van der Waals surface area (Å²) in [6.07, 6.45) is 0.933. The molecule has 1 rings (SSSR count). The number of benzene rings is 1. The van der Waals surface area contributed by atoms with E-state index in [2.05, 4.69) is 26.0 Å². The Labute approximate surface area is 92.2 Å². The number of hydrogen-bond acceptors (Lipinski definition) is 2. The number of rotatable bonds is 6. The molecule has 0 spiro atoms. The molecule has 0 bridgehead atoms. The molecule has 0 saturated carbocycles. The average molecular weight is 208 g/mol. The second-order valence-corrected chi connectivity index (χ2v) is 3.92. The molecule has 0 aliphatic heterocycles. The summed E-state index contributed by atoms with van der Waals surface area (Å²) in [5.74, 6) is 1.50.